The van der Waals surface area contributed by atoms with Crippen molar-refractivity contribution in [2.75, 3.05) is 128 Å². The number of piperazine rings is 3. The molecule has 25 heteroatoms. The van der Waals surface area contributed by atoms with Gasteiger partial charge in [-0.15, -0.1) is 6.42 Å². The third-order valence-electron chi connectivity index (χ3n) is 13.1. The van der Waals surface area contributed by atoms with E-state index in [2.05, 4.69) is 181 Å². The lowest BCUT2D eigenvalue weighted by Crippen LogP contribution is -2.64. The summed E-state index contributed by atoms with van der Waals surface area (Å²) < 4.78 is 30.2. The molecule has 0 aliphatic carbocycles. The van der Waals surface area contributed by atoms with Gasteiger partial charge in [-0.3, -0.25) is 19.6 Å². The van der Waals surface area contributed by atoms with Crippen molar-refractivity contribution in [2.45, 2.75) is 43.9 Å². The van der Waals surface area contributed by atoms with Gasteiger partial charge < -0.3 is 24.0 Å². The van der Waals surface area contributed by atoms with Gasteiger partial charge in [-0.1, -0.05) is 36.3 Å². The van der Waals surface area contributed by atoms with E-state index in [0.717, 1.165) is 119 Å². The molecule has 3 aromatic heterocycles. The van der Waals surface area contributed by atoms with Crippen molar-refractivity contribution in [3.8, 4) is 12.3 Å². The molecule has 73 heavy (non-hydrogen) atoms. The van der Waals surface area contributed by atoms with Gasteiger partial charge >= 0.3 is 0 Å². The number of nitrogens with zero attached hydrogens (tertiary/aromatic N) is 9. The van der Waals surface area contributed by atoms with Gasteiger partial charge in [-0.25, -0.2) is 15.0 Å². The van der Waals surface area contributed by atoms with Gasteiger partial charge in [0, 0.05) is 210 Å². The standard InChI is InChI=1S/C15H19N3O.C15H22N2O.C13H18IN3O.C5H3FIN.S10/c1-3-13-4-5-14(16-10-13)17-6-8-18(9-7-17)15(2)11-19-12-15;1-15(12-18-13-15)17-9-7-16(8-10-17)11-14-5-3-2-4-6-14;1-13(9-18-10-13)17-6-4-16(5-7-17)12-3-2-11(14)8-15-12;6-5-2-1-4(7)3-8-5;1-3-5-7-9-10-8-6-4-2/h1,4-5,10H,6-9,11-12H2,2H3;2-6H,7-13H2,1H3;2-3,8H,4-7,9-10H2,1H3;1-3H;. The van der Waals surface area contributed by atoms with Crippen LogP contribution in [0.1, 0.15) is 31.9 Å². The summed E-state index contributed by atoms with van der Waals surface area (Å²) in [6, 6.07) is 22.0. The zero-order valence-corrected chi connectivity index (χ0v) is 53.5. The van der Waals surface area contributed by atoms with E-state index in [9.17, 15) is 4.39 Å². The number of pyridine rings is 3. The second-order valence-corrected chi connectivity index (χ2v) is 35.0. The highest BCUT2D eigenvalue weighted by Crippen LogP contribution is 2.29. The first-order chi connectivity index (χ1) is 35.3. The highest BCUT2D eigenvalue weighted by atomic mass is 127. The van der Waals surface area contributed by atoms with Crippen LogP contribution < -0.4 is 9.80 Å². The minimum atomic E-state index is -0.426. The Balaban J connectivity index is 0.000000154. The van der Waals surface area contributed by atoms with Gasteiger partial charge in [0.1, 0.15) is 11.6 Å². The SMILES string of the molecule is C#Cc1ccc(N2CCN(C3(C)COC3)CC2)nc1.CC1(N2CCN(Cc3ccccc3)CC2)COC1.CC1(N2CCN(c3ccc(I)cn3)CC2)COC1.Fc1ccc(I)cn1.S=S=S=S=S=S=S=S=S=S. The van der Waals surface area contributed by atoms with E-state index < -0.39 is 5.95 Å². The van der Waals surface area contributed by atoms with Crippen LogP contribution in [0.2, 0.25) is 0 Å². The number of hydrogen-bond donors (Lipinski definition) is 0. The van der Waals surface area contributed by atoms with Crippen molar-refractivity contribution in [1.82, 2.24) is 34.6 Å². The fourth-order valence-corrected chi connectivity index (χ4v) is 25.7. The van der Waals surface area contributed by atoms with Crippen molar-refractivity contribution in [3.63, 3.8) is 0 Å². The van der Waals surface area contributed by atoms with Crippen LogP contribution in [0.15, 0.2) is 85.3 Å². The Hall–Kier alpha value is -0.860. The highest BCUT2D eigenvalue weighted by Gasteiger charge is 2.42. The summed E-state index contributed by atoms with van der Waals surface area (Å²) in [5.41, 5.74) is 3.11. The van der Waals surface area contributed by atoms with Gasteiger partial charge in [-0.05, 0) is 108 Å². The zero-order chi connectivity index (χ0) is 51.9. The molecule has 6 saturated heterocycles. The molecule has 0 bridgehead atoms. The monoisotopic (exact) mass is 1410 g/mol. The Labute approximate surface area is 491 Å². The molecule has 0 unspecified atom stereocenters. The molecule has 0 atom stereocenters. The number of aromatic nitrogens is 3. The molecule has 1 aromatic carbocycles. The summed E-state index contributed by atoms with van der Waals surface area (Å²) in [6.45, 7) is 26.5. The average Bonchev–Trinajstić information content (AvgIpc) is 3.40. The number of terminal acetylenes is 1. The molecule has 10 rings (SSSR count). The topological polar surface area (TPSA) is 85.8 Å². The van der Waals surface area contributed by atoms with E-state index in [1.807, 2.05) is 18.3 Å². The second kappa shape index (κ2) is 32.3. The average molecular weight is 1410 g/mol. The fraction of sp³-hybridized carbons (Fsp3) is 0.521. The zero-order valence-electron chi connectivity index (χ0n) is 41.1. The van der Waals surface area contributed by atoms with E-state index >= 15 is 0 Å². The number of ether oxygens (including phenoxy) is 3. The van der Waals surface area contributed by atoms with Gasteiger partial charge in [0.2, 0.25) is 5.95 Å². The smallest absolute Gasteiger partial charge is 0.212 e. The maximum absolute atomic E-state index is 12.0. The predicted molar refractivity (Wildman–Crippen MR) is 338 cm³/mol. The number of anilines is 2. The Morgan fingerprint density at radius 2 is 0.959 bits per heavy atom. The van der Waals surface area contributed by atoms with E-state index in [1.54, 1.807) is 65.5 Å². The lowest BCUT2D eigenvalue weighted by atomic mass is 9.97. The van der Waals surface area contributed by atoms with Gasteiger partial charge in [-0.2, -0.15) is 4.39 Å². The van der Waals surface area contributed by atoms with Crippen molar-refractivity contribution < 1.29 is 18.6 Å². The third kappa shape index (κ3) is 20.1. The van der Waals surface area contributed by atoms with Gasteiger partial charge in [0.15, 0.2) is 0 Å². The quantitative estimate of drug-likeness (QED) is 0.124. The van der Waals surface area contributed by atoms with Gasteiger partial charge in [0.05, 0.1) is 56.3 Å². The van der Waals surface area contributed by atoms with Crippen LogP contribution in [0.25, 0.3) is 0 Å². The number of rotatable bonds is 7. The van der Waals surface area contributed by atoms with Gasteiger partial charge in [0.25, 0.3) is 0 Å². The summed E-state index contributed by atoms with van der Waals surface area (Å²) in [6.07, 6.45) is 10.5. The Morgan fingerprint density at radius 3 is 1.30 bits per heavy atom. The van der Waals surface area contributed by atoms with Crippen molar-refractivity contribution >= 4 is 150 Å². The molecular weight excluding hydrogens is 1340 g/mol. The molecule has 4 aromatic rings. The number of hydrogen-bond acceptors (Lipinski definition) is 14. The minimum Gasteiger partial charge on any atom is -0.377 e. The molecule has 6 fully saturated rings. The summed E-state index contributed by atoms with van der Waals surface area (Å²) in [7, 11) is 12.7. The van der Waals surface area contributed by atoms with E-state index in [4.69, 9.17) is 20.6 Å². The predicted octanol–water partition coefficient (Wildman–Crippen LogP) is 5.97. The Bertz CT molecular complexity index is 2670. The van der Waals surface area contributed by atoms with Crippen LogP contribution in [0.3, 0.4) is 0 Å². The molecule has 9 heterocycles. The van der Waals surface area contributed by atoms with Crippen molar-refractivity contribution in [3.05, 3.63) is 110 Å². The first kappa shape index (κ1) is 61.4. The molecule has 398 valence electrons. The van der Waals surface area contributed by atoms with E-state index in [-0.39, 0.29) is 11.1 Å². The van der Waals surface area contributed by atoms with Crippen LogP contribution in [-0.2, 0) is 114 Å². The normalized spacial score (nSPS) is 19.8. The molecule has 0 amide bonds. The highest BCUT2D eigenvalue weighted by molar-refractivity contribution is 14.1. The first-order valence-corrected chi connectivity index (χ1v) is 37.7. The second-order valence-electron chi connectivity index (χ2n) is 18.4. The summed E-state index contributed by atoms with van der Waals surface area (Å²) in [4.78, 5) is 27.3. The molecule has 0 radical (unpaired) electrons. The lowest BCUT2D eigenvalue weighted by Gasteiger charge is -2.50. The Morgan fingerprint density at radius 1 is 0.548 bits per heavy atom. The molecule has 0 saturated carbocycles. The maximum Gasteiger partial charge on any atom is 0.212 e. The van der Waals surface area contributed by atoms with Crippen molar-refractivity contribution in [2.24, 2.45) is 0 Å². The largest absolute Gasteiger partial charge is 0.377 e. The third-order valence-corrected chi connectivity index (χ3v) is 29.9. The lowest BCUT2D eigenvalue weighted by molar-refractivity contribution is -0.140. The van der Waals surface area contributed by atoms with Crippen molar-refractivity contribution in [1.29, 1.82) is 0 Å². The summed E-state index contributed by atoms with van der Waals surface area (Å²) >= 11 is 13.7. The first-order valence-electron chi connectivity index (χ1n) is 23.5. The van der Waals surface area contributed by atoms with Crippen LogP contribution in [0, 0.1) is 25.4 Å². The van der Waals surface area contributed by atoms with Crippen LogP contribution in [0.5, 0.6) is 0 Å². The maximum atomic E-state index is 12.0. The van der Waals surface area contributed by atoms with Crippen LogP contribution in [0.4, 0.5) is 16.0 Å². The fourth-order valence-electron chi connectivity index (χ4n) is 8.62. The minimum absolute atomic E-state index is 0.257. The van der Waals surface area contributed by atoms with Crippen LogP contribution in [-0.4, -0.2) is 169 Å². The Kier molecular flexibility index (Phi) is 27.1. The number of halogens is 3. The molecule has 6 aliphatic rings. The van der Waals surface area contributed by atoms with E-state index in [0.29, 0.717) is 5.54 Å². The van der Waals surface area contributed by atoms with Crippen LogP contribution >= 0.6 is 45.2 Å². The number of benzene rings is 1. The molecule has 12 nitrogen and oxygen atoms in total. The summed E-state index contributed by atoms with van der Waals surface area (Å²) in [5.74, 6) is 4.29. The molecule has 0 N–H and O–H groups in total. The van der Waals surface area contributed by atoms with E-state index in [1.165, 1.54) is 65.3 Å². The summed E-state index contributed by atoms with van der Waals surface area (Å²) in [5, 5.41) is 0. The molecular formula is C48H62FI2N9O3S10. The molecule has 6 aliphatic heterocycles. The molecule has 0 spiro atoms.